The quantitative estimate of drug-likeness (QED) is 0.559. The van der Waals surface area contributed by atoms with Gasteiger partial charge in [0.15, 0.2) is 5.16 Å². The summed E-state index contributed by atoms with van der Waals surface area (Å²) in [7, 11) is 0. The molecule has 1 saturated heterocycles. The number of nitrogens with zero attached hydrogens (tertiary/aromatic N) is 3. The van der Waals surface area contributed by atoms with Gasteiger partial charge in [0.05, 0.1) is 6.04 Å². The van der Waals surface area contributed by atoms with Crippen LogP contribution in [0.3, 0.4) is 0 Å². The number of aromatic nitrogens is 3. The van der Waals surface area contributed by atoms with Crippen LogP contribution in [-0.2, 0) is 17.8 Å². The summed E-state index contributed by atoms with van der Waals surface area (Å²) in [5.41, 5.74) is 0. The molecule has 0 aromatic carbocycles. The highest BCUT2D eigenvalue weighted by molar-refractivity contribution is 7.98. The van der Waals surface area contributed by atoms with E-state index in [1.807, 2.05) is 6.26 Å². The standard InChI is InChI=1S/C15H27N5OS/c1-11(2)10-20-13(18-19-15(20)22-3)7-5-9-17-14(21)12-6-4-8-16-12/h11-12,16H,4-10H2,1-3H3,(H,17,21). The lowest BCUT2D eigenvalue weighted by atomic mass is 10.2. The van der Waals surface area contributed by atoms with E-state index in [9.17, 15) is 4.79 Å². The number of rotatable bonds is 8. The predicted octanol–water partition coefficient (Wildman–Crippen LogP) is 1.46. The van der Waals surface area contributed by atoms with Gasteiger partial charge in [-0.15, -0.1) is 10.2 Å². The molecule has 2 rings (SSSR count). The van der Waals surface area contributed by atoms with E-state index in [4.69, 9.17) is 0 Å². The van der Waals surface area contributed by atoms with E-state index in [2.05, 4.69) is 39.2 Å². The second-order valence-electron chi connectivity index (χ2n) is 6.15. The summed E-state index contributed by atoms with van der Waals surface area (Å²) in [6, 6.07) is 0.00712. The van der Waals surface area contributed by atoms with Crippen LogP contribution in [-0.4, -0.2) is 46.1 Å². The fourth-order valence-corrected chi connectivity index (χ4v) is 3.22. The summed E-state index contributed by atoms with van der Waals surface area (Å²) in [5, 5.41) is 15.7. The zero-order valence-corrected chi connectivity index (χ0v) is 14.6. The Hall–Kier alpha value is -1.08. The van der Waals surface area contributed by atoms with Crippen molar-refractivity contribution in [2.45, 2.75) is 57.3 Å². The highest BCUT2D eigenvalue weighted by Crippen LogP contribution is 2.16. The first-order valence-electron chi connectivity index (χ1n) is 8.09. The van der Waals surface area contributed by atoms with Crippen LogP contribution < -0.4 is 10.6 Å². The smallest absolute Gasteiger partial charge is 0.237 e. The zero-order valence-electron chi connectivity index (χ0n) is 13.8. The van der Waals surface area contributed by atoms with Gasteiger partial charge in [0.1, 0.15) is 5.82 Å². The van der Waals surface area contributed by atoms with Crippen LogP contribution in [0, 0.1) is 5.92 Å². The minimum atomic E-state index is 0.00712. The summed E-state index contributed by atoms with van der Waals surface area (Å²) < 4.78 is 2.20. The Morgan fingerprint density at radius 2 is 2.32 bits per heavy atom. The van der Waals surface area contributed by atoms with Crippen molar-refractivity contribution in [3.8, 4) is 0 Å². The molecule has 1 aliphatic heterocycles. The van der Waals surface area contributed by atoms with Crippen molar-refractivity contribution in [3.63, 3.8) is 0 Å². The number of nitrogens with one attached hydrogen (secondary N) is 2. The molecule has 1 aliphatic rings. The lowest BCUT2D eigenvalue weighted by Crippen LogP contribution is -2.40. The van der Waals surface area contributed by atoms with Gasteiger partial charge < -0.3 is 15.2 Å². The van der Waals surface area contributed by atoms with Gasteiger partial charge in [-0.05, 0) is 38.0 Å². The lowest BCUT2D eigenvalue weighted by Gasteiger charge is -2.13. The van der Waals surface area contributed by atoms with Crippen LogP contribution in [0.4, 0.5) is 0 Å². The van der Waals surface area contributed by atoms with E-state index in [1.165, 1.54) is 0 Å². The maximum atomic E-state index is 11.9. The second kappa shape index (κ2) is 8.53. The summed E-state index contributed by atoms with van der Waals surface area (Å²) in [4.78, 5) is 11.9. The maximum absolute atomic E-state index is 11.9. The number of hydrogen-bond acceptors (Lipinski definition) is 5. The van der Waals surface area contributed by atoms with Crippen LogP contribution in [0.25, 0.3) is 0 Å². The molecule has 1 unspecified atom stereocenters. The van der Waals surface area contributed by atoms with Crippen molar-refractivity contribution in [1.29, 1.82) is 0 Å². The molecule has 0 aliphatic carbocycles. The average Bonchev–Trinajstić information content (AvgIpc) is 3.13. The third-order valence-electron chi connectivity index (χ3n) is 3.78. The van der Waals surface area contributed by atoms with Crippen molar-refractivity contribution in [2.75, 3.05) is 19.3 Å². The highest BCUT2D eigenvalue weighted by atomic mass is 32.2. The Balaban J connectivity index is 1.78. The molecule has 1 amide bonds. The molecule has 7 heteroatoms. The predicted molar refractivity (Wildman–Crippen MR) is 89.0 cm³/mol. The van der Waals surface area contributed by atoms with E-state index in [0.29, 0.717) is 12.5 Å². The number of carbonyl (C=O) groups excluding carboxylic acids is 1. The van der Waals surface area contributed by atoms with Crippen LogP contribution in [0.2, 0.25) is 0 Å². The van der Waals surface area contributed by atoms with E-state index in [-0.39, 0.29) is 11.9 Å². The Morgan fingerprint density at radius 1 is 1.50 bits per heavy atom. The normalized spacial score (nSPS) is 18.1. The minimum absolute atomic E-state index is 0.00712. The molecule has 0 saturated carbocycles. The molecule has 22 heavy (non-hydrogen) atoms. The van der Waals surface area contributed by atoms with Crippen LogP contribution >= 0.6 is 11.8 Å². The molecular weight excluding hydrogens is 298 g/mol. The third-order valence-corrected chi connectivity index (χ3v) is 4.44. The Bertz CT molecular complexity index is 482. The molecule has 1 atom stereocenters. The van der Waals surface area contributed by atoms with Crippen molar-refractivity contribution in [2.24, 2.45) is 5.92 Å². The van der Waals surface area contributed by atoms with Gasteiger partial charge in [0, 0.05) is 19.5 Å². The van der Waals surface area contributed by atoms with Gasteiger partial charge in [-0.2, -0.15) is 0 Å². The first kappa shape index (κ1) is 17.3. The molecule has 124 valence electrons. The van der Waals surface area contributed by atoms with Crippen LogP contribution in [0.15, 0.2) is 5.16 Å². The number of hydrogen-bond donors (Lipinski definition) is 2. The van der Waals surface area contributed by atoms with Gasteiger partial charge in [0.2, 0.25) is 5.91 Å². The minimum Gasteiger partial charge on any atom is -0.355 e. The number of aryl methyl sites for hydroxylation is 1. The highest BCUT2D eigenvalue weighted by Gasteiger charge is 2.21. The SMILES string of the molecule is CSc1nnc(CCCNC(=O)C2CCCN2)n1CC(C)C. The largest absolute Gasteiger partial charge is 0.355 e. The van der Waals surface area contributed by atoms with E-state index in [1.54, 1.807) is 11.8 Å². The molecule has 0 radical (unpaired) electrons. The number of thioether (sulfide) groups is 1. The maximum Gasteiger partial charge on any atom is 0.237 e. The second-order valence-corrected chi connectivity index (χ2v) is 6.92. The Kier molecular flexibility index (Phi) is 6.70. The summed E-state index contributed by atoms with van der Waals surface area (Å²) in [5.74, 6) is 1.71. The molecule has 0 spiro atoms. The molecular formula is C15H27N5OS. The third kappa shape index (κ3) is 4.71. The summed E-state index contributed by atoms with van der Waals surface area (Å²) in [6.07, 6.45) is 5.81. The first-order valence-corrected chi connectivity index (χ1v) is 9.31. The Morgan fingerprint density at radius 3 is 2.95 bits per heavy atom. The van der Waals surface area contributed by atoms with E-state index in [0.717, 1.165) is 49.8 Å². The van der Waals surface area contributed by atoms with Crippen molar-refractivity contribution >= 4 is 17.7 Å². The van der Waals surface area contributed by atoms with Crippen LogP contribution in [0.5, 0.6) is 0 Å². The lowest BCUT2D eigenvalue weighted by molar-refractivity contribution is -0.122. The molecule has 1 aromatic heterocycles. The monoisotopic (exact) mass is 325 g/mol. The molecule has 2 N–H and O–H groups in total. The van der Waals surface area contributed by atoms with E-state index < -0.39 is 0 Å². The van der Waals surface area contributed by atoms with Crippen molar-refractivity contribution in [1.82, 2.24) is 25.4 Å². The van der Waals surface area contributed by atoms with Crippen molar-refractivity contribution in [3.05, 3.63) is 5.82 Å². The summed E-state index contributed by atoms with van der Waals surface area (Å²) >= 11 is 1.63. The fraction of sp³-hybridized carbons (Fsp3) is 0.800. The average molecular weight is 325 g/mol. The number of amides is 1. The first-order chi connectivity index (χ1) is 10.6. The molecule has 6 nitrogen and oxygen atoms in total. The van der Waals surface area contributed by atoms with Gasteiger partial charge in [0.25, 0.3) is 0 Å². The molecule has 1 aromatic rings. The number of carbonyl (C=O) groups is 1. The topological polar surface area (TPSA) is 71.8 Å². The molecule has 2 heterocycles. The van der Waals surface area contributed by atoms with Gasteiger partial charge >= 0.3 is 0 Å². The Labute approximate surface area is 136 Å². The van der Waals surface area contributed by atoms with Crippen molar-refractivity contribution < 1.29 is 4.79 Å². The molecule has 0 bridgehead atoms. The fourth-order valence-electron chi connectivity index (χ4n) is 2.69. The van der Waals surface area contributed by atoms with Crippen LogP contribution in [0.1, 0.15) is 38.9 Å². The van der Waals surface area contributed by atoms with E-state index >= 15 is 0 Å². The summed E-state index contributed by atoms with van der Waals surface area (Å²) in [6.45, 7) is 6.98. The van der Waals surface area contributed by atoms with Gasteiger partial charge in [-0.1, -0.05) is 25.6 Å². The van der Waals surface area contributed by atoms with Gasteiger partial charge in [-0.25, -0.2) is 0 Å². The zero-order chi connectivity index (χ0) is 15.9. The van der Waals surface area contributed by atoms with Gasteiger partial charge in [-0.3, -0.25) is 4.79 Å². The molecule has 1 fully saturated rings.